The maximum atomic E-state index is 12.0. The third kappa shape index (κ3) is 5.22. The molecule has 2 aromatic carbocycles. The Balaban J connectivity index is 1.52. The first-order valence-electron chi connectivity index (χ1n) is 8.29. The highest BCUT2D eigenvalue weighted by molar-refractivity contribution is 7.09. The number of halogens is 2. The van der Waals surface area contributed by atoms with E-state index in [0.29, 0.717) is 22.3 Å². The van der Waals surface area contributed by atoms with Crippen LogP contribution in [0.5, 0.6) is 5.75 Å². The van der Waals surface area contributed by atoms with Gasteiger partial charge in [-0.3, -0.25) is 4.79 Å². The molecule has 0 spiro atoms. The Morgan fingerprint density at radius 3 is 2.48 bits per heavy atom. The zero-order chi connectivity index (χ0) is 19.4. The van der Waals surface area contributed by atoms with E-state index >= 15 is 0 Å². The van der Waals surface area contributed by atoms with Crippen molar-refractivity contribution in [1.82, 2.24) is 10.3 Å². The van der Waals surface area contributed by atoms with Crippen LogP contribution in [0, 0.1) is 13.8 Å². The van der Waals surface area contributed by atoms with Crippen LogP contribution >= 0.6 is 34.5 Å². The molecule has 1 amide bonds. The van der Waals surface area contributed by atoms with E-state index in [2.05, 4.69) is 10.3 Å². The molecule has 27 heavy (non-hydrogen) atoms. The summed E-state index contributed by atoms with van der Waals surface area (Å²) in [5, 5.41) is 7.01. The summed E-state index contributed by atoms with van der Waals surface area (Å²) in [6.45, 7) is 4.11. The monoisotopic (exact) mass is 420 g/mol. The lowest BCUT2D eigenvalue weighted by molar-refractivity contribution is -0.123. The van der Waals surface area contributed by atoms with Crippen LogP contribution < -0.4 is 10.1 Å². The summed E-state index contributed by atoms with van der Waals surface area (Å²) in [5.41, 5.74) is 3.70. The van der Waals surface area contributed by atoms with Crippen molar-refractivity contribution in [3.8, 4) is 17.0 Å². The molecule has 0 aliphatic rings. The highest BCUT2D eigenvalue weighted by atomic mass is 35.5. The van der Waals surface area contributed by atoms with Gasteiger partial charge in [-0.1, -0.05) is 35.3 Å². The molecule has 0 aliphatic heterocycles. The van der Waals surface area contributed by atoms with E-state index in [4.69, 9.17) is 27.9 Å². The molecule has 3 aromatic rings. The fourth-order valence-electron chi connectivity index (χ4n) is 2.51. The van der Waals surface area contributed by atoms with Crippen LogP contribution in [0.3, 0.4) is 0 Å². The number of thiazole rings is 1. The van der Waals surface area contributed by atoms with Crippen molar-refractivity contribution < 1.29 is 9.53 Å². The summed E-state index contributed by atoms with van der Waals surface area (Å²) in [6.07, 6.45) is 0. The number of benzene rings is 2. The summed E-state index contributed by atoms with van der Waals surface area (Å²) < 4.78 is 5.56. The summed E-state index contributed by atoms with van der Waals surface area (Å²) >= 11 is 13.5. The zero-order valence-corrected chi connectivity index (χ0v) is 17.2. The highest BCUT2D eigenvalue weighted by Crippen LogP contribution is 2.26. The standard InChI is InChI=1S/C20H18Cl2N2O2S/c1-12-7-16(8-13(2)20(12)22)26-10-18(25)23-9-19-24-17(11-27-19)14-3-5-15(21)6-4-14/h3-8,11H,9-10H2,1-2H3,(H,23,25). The minimum absolute atomic E-state index is 0.0596. The van der Waals surface area contributed by atoms with E-state index in [1.807, 2.05) is 55.6 Å². The van der Waals surface area contributed by atoms with Crippen LogP contribution in [-0.4, -0.2) is 17.5 Å². The lowest BCUT2D eigenvalue weighted by Crippen LogP contribution is -2.28. The Bertz CT molecular complexity index is 932. The van der Waals surface area contributed by atoms with Gasteiger partial charge in [0.1, 0.15) is 10.8 Å². The second kappa shape index (κ2) is 8.74. The van der Waals surface area contributed by atoms with Crippen molar-refractivity contribution in [3.63, 3.8) is 0 Å². The quantitative estimate of drug-likeness (QED) is 0.578. The Hall–Kier alpha value is -2.08. The second-order valence-corrected chi connectivity index (χ2v) is 7.83. The predicted octanol–water partition coefficient (Wildman–Crippen LogP) is 5.43. The van der Waals surface area contributed by atoms with Gasteiger partial charge in [-0.2, -0.15) is 0 Å². The van der Waals surface area contributed by atoms with Gasteiger partial charge in [0.05, 0.1) is 12.2 Å². The Morgan fingerprint density at radius 2 is 1.81 bits per heavy atom. The van der Waals surface area contributed by atoms with Crippen LogP contribution in [0.1, 0.15) is 16.1 Å². The maximum Gasteiger partial charge on any atom is 0.258 e. The molecule has 0 bridgehead atoms. The topological polar surface area (TPSA) is 51.2 Å². The smallest absolute Gasteiger partial charge is 0.258 e. The van der Waals surface area contributed by atoms with Crippen molar-refractivity contribution in [3.05, 3.63) is 68.0 Å². The number of aryl methyl sites for hydroxylation is 2. The first-order valence-corrected chi connectivity index (χ1v) is 9.92. The Labute approximate surface area is 172 Å². The average Bonchev–Trinajstić information content (AvgIpc) is 3.12. The number of aromatic nitrogens is 1. The van der Waals surface area contributed by atoms with Crippen molar-refractivity contribution >= 4 is 40.4 Å². The second-order valence-electron chi connectivity index (χ2n) is 6.07. The van der Waals surface area contributed by atoms with E-state index in [-0.39, 0.29) is 12.5 Å². The normalized spacial score (nSPS) is 10.7. The molecule has 0 fully saturated rings. The molecule has 0 unspecified atom stereocenters. The molecule has 1 heterocycles. The molecule has 0 radical (unpaired) electrons. The molecule has 4 nitrogen and oxygen atoms in total. The number of nitrogens with one attached hydrogen (secondary N) is 1. The molecule has 0 saturated heterocycles. The molecular weight excluding hydrogens is 403 g/mol. The summed E-state index contributed by atoms with van der Waals surface area (Å²) in [5.74, 6) is 0.423. The van der Waals surface area contributed by atoms with E-state index in [1.54, 1.807) is 0 Å². The maximum absolute atomic E-state index is 12.0. The Kier molecular flexibility index (Phi) is 6.37. The van der Waals surface area contributed by atoms with E-state index in [1.165, 1.54) is 11.3 Å². The molecule has 0 aliphatic carbocycles. The number of nitrogens with zero attached hydrogens (tertiary/aromatic N) is 1. The van der Waals surface area contributed by atoms with Gasteiger partial charge in [-0.25, -0.2) is 4.98 Å². The van der Waals surface area contributed by atoms with Crippen LogP contribution in [0.15, 0.2) is 41.8 Å². The molecular formula is C20H18Cl2N2O2S. The zero-order valence-electron chi connectivity index (χ0n) is 14.9. The number of amides is 1. The van der Waals surface area contributed by atoms with Gasteiger partial charge in [0.25, 0.3) is 5.91 Å². The first kappa shape index (κ1) is 19.7. The molecule has 1 N–H and O–H groups in total. The van der Waals surface area contributed by atoms with Crippen LogP contribution in [0.2, 0.25) is 10.0 Å². The van der Waals surface area contributed by atoms with Crippen molar-refractivity contribution in [2.75, 3.05) is 6.61 Å². The van der Waals surface area contributed by atoms with E-state index < -0.39 is 0 Å². The SMILES string of the molecule is Cc1cc(OCC(=O)NCc2nc(-c3ccc(Cl)cc3)cs2)cc(C)c1Cl. The fraction of sp³-hybridized carbons (Fsp3) is 0.200. The van der Waals surface area contributed by atoms with Gasteiger partial charge in [0.2, 0.25) is 0 Å². The molecule has 140 valence electrons. The van der Waals surface area contributed by atoms with Gasteiger partial charge in [0, 0.05) is 21.0 Å². The molecule has 1 aromatic heterocycles. The summed E-state index contributed by atoms with van der Waals surface area (Å²) in [4.78, 5) is 16.6. The van der Waals surface area contributed by atoms with Gasteiger partial charge in [0.15, 0.2) is 6.61 Å². The van der Waals surface area contributed by atoms with Gasteiger partial charge in [-0.05, 0) is 49.2 Å². The number of hydrogen-bond acceptors (Lipinski definition) is 4. The lowest BCUT2D eigenvalue weighted by atomic mass is 10.1. The number of carbonyl (C=O) groups is 1. The molecule has 0 atom stereocenters. The third-order valence-corrected chi connectivity index (χ3v) is 5.61. The third-order valence-electron chi connectivity index (χ3n) is 3.91. The van der Waals surface area contributed by atoms with Crippen LogP contribution in [0.25, 0.3) is 11.3 Å². The minimum Gasteiger partial charge on any atom is -0.484 e. The van der Waals surface area contributed by atoms with Crippen LogP contribution in [0.4, 0.5) is 0 Å². The number of hydrogen-bond donors (Lipinski definition) is 1. The van der Waals surface area contributed by atoms with Crippen molar-refractivity contribution in [2.24, 2.45) is 0 Å². The molecule has 3 rings (SSSR count). The average molecular weight is 421 g/mol. The van der Waals surface area contributed by atoms with Gasteiger partial charge >= 0.3 is 0 Å². The van der Waals surface area contributed by atoms with Crippen LogP contribution in [-0.2, 0) is 11.3 Å². The number of rotatable bonds is 6. The van der Waals surface area contributed by atoms with E-state index in [0.717, 1.165) is 27.4 Å². The molecule has 7 heteroatoms. The summed E-state index contributed by atoms with van der Waals surface area (Å²) in [7, 11) is 0. The Morgan fingerprint density at radius 1 is 1.15 bits per heavy atom. The number of ether oxygens (including phenoxy) is 1. The summed E-state index contributed by atoms with van der Waals surface area (Å²) in [6, 6.07) is 11.1. The fourth-order valence-corrected chi connectivity index (χ4v) is 3.49. The predicted molar refractivity (Wildman–Crippen MR) is 111 cm³/mol. The highest BCUT2D eigenvalue weighted by Gasteiger charge is 2.09. The van der Waals surface area contributed by atoms with E-state index in [9.17, 15) is 4.79 Å². The first-order chi connectivity index (χ1) is 12.9. The largest absolute Gasteiger partial charge is 0.484 e. The van der Waals surface area contributed by atoms with Crippen molar-refractivity contribution in [1.29, 1.82) is 0 Å². The van der Waals surface area contributed by atoms with Crippen molar-refractivity contribution in [2.45, 2.75) is 20.4 Å². The van der Waals surface area contributed by atoms with Gasteiger partial charge in [-0.15, -0.1) is 11.3 Å². The molecule has 0 saturated carbocycles. The van der Waals surface area contributed by atoms with Gasteiger partial charge < -0.3 is 10.1 Å². The number of carbonyl (C=O) groups excluding carboxylic acids is 1. The minimum atomic E-state index is -0.205. The lowest BCUT2D eigenvalue weighted by Gasteiger charge is -2.10.